The van der Waals surface area contributed by atoms with Crippen LogP contribution in [0, 0.1) is 24.4 Å². The zero-order chi connectivity index (χ0) is 11.5. The predicted octanol–water partition coefficient (Wildman–Crippen LogP) is 0.254. The van der Waals surface area contributed by atoms with Crippen LogP contribution in [-0.4, -0.2) is 8.32 Å². The molecule has 0 saturated heterocycles. The summed E-state index contributed by atoms with van der Waals surface area (Å²) in [7, 11) is -1.70. The molecule has 0 atom stereocenters. The first-order chi connectivity index (χ1) is 6.92. The van der Waals surface area contributed by atoms with Crippen LogP contribution in [0.1, 0.15) is 11.1 Å². The van der Waals surface area contributed by atoms with Crippen molar-refractivity contribution >= 4 is 8.32 Å². The smallest absolute Gasteiger partial charge is 0.436 e. The fourth-order valence-corrected chi connectivity index (χ4v) is 1.93. The number of hydrogen-bond donors (Lipinski definition) is 0. The van der Waals surface area contributed by atoms with Crippen molar-refractivity contribution in [1.29, 1.82) is 5.26 Å². The molecule has 1 rings (SSSR count). The first-order valence-electron chi connectivity index (χ1n) is 4.95. The summed E-state index contributed by atoms with van der Waals surface area (Å²) in [5, 5.41) is 9.02. The van der Waals surface area contributed by atoms with Crippen molar-refractivity contribution < 1.29 is 23.3 Å². The monoisotopic (exact) mass is 225 g/mol. The molecule has 1 aromatic carbocycles. The molecule has 0 aliphatic carbocycles. The number of benzene rings is 1. The average molecular weight is 225 g/mol. The van der Waals surface area contributed by atoms with E-state index in [-0.39, 0.29) is 18.9 Å². The summed E-state index contributed by atoms with van der Waals surface area (Å²) < 4.78 is 5.71. The van der Waals surface area contributed by atoms with E-state index in [1.165, 1.54) is 5.56 Å². The molecule has 80 valence electrons. The Labute approximate surface area is 111 Å². The number of rotatable bonds is 3. The van der Waals surface area contributed by atoms with Crippen LogP contribution in [0.3, 0.4) is 0 Å². The molecule has 0 aromatic heterocycles. The van der Waals surface area contributed by atoms with Gasteiger partial charge in [0.05, 0.1) is 6.07 Å². The predicted molar refractivity (Wildman–Crippen MR) is 63.6 cm³/mol. The van der Waals surface area contributed by atoms with Gasteiger partial charge in [-0.25, -0.2) is 5.26 Å². The molecule has 0 aliphatic rings. The second kappa shape index (κ2) is 6.18. The Bertz CT molecular complexity index is 364. The Balaban J connectivity index is 0.00000225. The Hall–Kier alpha value is -0.646. The van der Waals surface area contributed by atoms with Crippen LogP contribution < -0.4 is 18.9 Å². The zero-order valence-electron chi connectivity index (χ0n) is 10.7. The molecule has 0 amide bonds. The number of nitrogens with zero attached hydrogens (tertiary/aromatic N) is 1. The second-order valence-electron chi connectivity index (χ2n) is 4.52. The molecule has 0 fully saturated rings. The van der Waals surface area contributed by atoms with Crippen molar-refractivity contribution in [3.8, 4) is 6.07 Å². The SMILES string of the molecule is Cc1ccc([C-](C#N)O[Si](C)(C)C)cc1.[Li+]. The summed E-state index contributed by atoms with van der Waals surface area (Å²) in [6.07, 6.45) is 0.439. The van der Waals surface area contributed by atoms with Gasteiger partial charge in [0, 0.05) is 6.10 Å². The van der Waals surface area contributed by atoms with Crippen LogP contribution >= 0.6 is 0 Å². The van der Waals surface area contributed by atoms with E-state index in [1.807, 2.05) is 31.2 Å². The summed E-state index contributed by atoms with van der Waals surface area (Å²) in [5.41, 5.74) is 2.05. The molecule has 0 unspecified atom stereocenters. The quantitative estimate of drug-likeness (QED) is 0.546. The third-order valence-electron chi connectivity index (χ3n) is 1.82. The fraction of sp³-hybridized carbons (Fsp3) is 0.333. The van der Waals surface area contributed by atoms with Crippen molar-refractivity contribution in [3.63, 3.8) is 0 Å². The number of aryl methyl sites for hydroxylation is 1. The fourth-order valence-electron chi connectivity index (χ4n) is 1.16. The van der Waals surface area contributed by atoms with Gasteiger partial charge in [0.2, 0.25) is 0 Å². The molecule has 0 heterocycles. The summed E-state index contributed by atoms with van der Waals surface area (Å²) >= 11 is 0. The normalized spacial score (nSPS) is 10.2. The average Bonchev–Trinajstić information content (AvgIpc) is 2.14. The van der Waals surface area contributed by atoms with E-state index in [4.69, 9.17) is 9.69 Å². The maximum Gasteiger partial charge on any atom is 1.00 e. The summed E-state index contributed by atoms with van der Waals surface area (Å²) in [6, 6.07) is 9.95. The minimum atomic E-state index is -1.70. The molecule has 16 heavy (non-hydrogen) atoms. The van der Waals surface area contributed by atoms with Crippen LogP contribution in [0.25, 0.3) is 0 Å². The Morgan fingerprint density at radius 1 is 1.19 bits per heavy atom. The third kappa shape index (κ3) is 4.92. The molecule has 0 N–H and O–H groups in total. The number of nitriles is 1. The maximum atomic E-state index is 9.02. The third-order valence-corrected chi connectivity index (χ3v) is 2.64. The molecule has 2 nitrogen and oxygen atoms in total. The standard InChI is InChI=1S/C12H16NOSi.Li/c1-10-5-7-11(8-6-10)12(9-13)14-15(2,3)4;/h5-8H,1-4H3;/q-1;+1. The Morgan fingerprint density at radius 3 is 2.06 bits per heavy atom. The van der Waals surface area contributed by atoms with E-state index in [0.29, 0.717) is 6.10 Å². The van der Waals surface area contributed by atoms with Gasteiger partial charge in [-0.3, -0.25) is 0 Å². The van der Waals surface area contributed by atoms with Crippen LogP contribution in [0.4, 0.5) is 0 Å². The van der Waals surface area contributed by atoms with Crippen LogP contribution in [0.15, 0.2) is 24.3 Å². The van der Waals surface area contributed by atoms with Gasteiger partial charge in [0.25, 0.3) is 0 Å². The van der Waals surface area contributed by atoms with Crippen molar-refractivity contribution in [1.82, 2.24) is 0 Å². The molecule has 0 aliphatic heterocycles. The minimum absolute atomic E-state index is 0. The maximum absolute atomic E-state index is 9.02. The molecule has 0 bridgehead atoms. The van der Waals surface area contributed by atoms with Crippen LogP contribution in [0.5, 0.6) is 0 Å². The van der Waals surface area contributed by atoms with Gasteiger partial charge in [-0.05, 0) is 26.6 Å². The first-order valence-corrected chi connectivity index (χ1v) is 8.36. The second-order valence-corrected chi connectivity index (χ2v) is 8.95. The van der Waals surface area contributed by atoms with Gasteiger partial charge in [-0.2, -0.15) is 12.1 Å². The summed E-state index contributed by atoms with van der Waals surface area (Å²) in [5.74, 6) is 0. The number of hydrogen-bond acceptors (Lipinski definition) is 2. The molecule has 1 aromatic rings. The summed E-state index contributed by atoms with van der Waals surface area (Å²) in [6.45, 7) is 8.23. The largest absolute Gasteiger partial charge is 1.00 e. The molecule has 0 spiro atoms. The van der Waals surface area contributed by atoms with E-state index in [2.05, 4.69) is 25.7 Å². The van der Waals surface area contributed by atoms with Crippen molar-refractivity contribution in [3.05, 3.63) is 41.5 Å². The molecule has 0 radical (unpaired) electrons. The molecular weight excluding hydrogens is 209 g/mol. The van der Waals surface area contributed by atoms with E-state index < -0.39 is 8.32 Å². The van der Waals surface area contributed by atoms with Crippen molar-refractivity contribution in [2.45, 2.75) is 26.6 Å². The zero-order valence-corrected chi connectivity index (χ0v) is 11.7. The minimum Gasteiger partial charge on any atom is -0.436 e. The van der Waals surface area contributed by atoms with Gasteiger partial charge in [-0.1, -0.05) is 5.56 Å². The van der Waals surface area contributed by atoms with Gasteiger partial charge in [0.1, 0.15) is 0 Å². The van der Waals surface area contributed by atoms with Crippen LogP contribution in [0.2, 0.25) is 19.6 Å². The van der Waals surface area contributed by atoms with E-state index >= 15 is 0 Å². The molecule has 4 heteroatoms. The molecular formula is C12H16LiNOSi. The van der Waals surface area contributed by atoms with Gasteiger partial charge in [-0.15, -0.1) is 17.7 Å². The Kier molecular flexibility index (Phi) is 5.93. The van der Waals surface area contributed by atoms with Gasteiger partial charge in [0.15, 0.2) is 8.32 Å². The van der Waals surface area contributed by atoms with E-state index in [1.54, 1.807) is 0 Å². The topological polar surface area (TPSA) is 33.0 Å². The summed E-state index contributed by atoms with van der Waals surface area (Å²) in [4.78, 5) is 0. The first kappa shape index (κ1) is 15.4. The van der Waals surface area contributed by atoms with Crippen molar-refractivity contribution in [2.75, 3.05) is 0 Å². The van der Waals surface area contributed by atoms with E-state index in [0.717, 1.165) is 5.56 Å². The van der Waals surface area contributed by atoms with E-state index in [9.17, 15) is 0 Å². The van der Waals surface area contributed by atoms with Gasteiger partial charge < -0.3 is 4.43 Å². The Morgan fingerprint density at radius 2 is 1.69 bits per heavy atom. The van der Waals surface area contributed by atoms with Crippen LogP contribution in [-0.2, 0) is 4.43 Å². The van der Waals surface area contributed by atoms with Gasteiger partial charge >= 0.3 is 18.9 Å². The van der Waals surface area contributed by atoms with Crippen molar-refractivity contribution in [2.24, 2.45) is 0 Å². The molecule has 0 saturated carbocycles.